The summed E-state index contributed by atoms with van der Waals surface area (Å²) in [5, 5.41) is 16.3. The molecule has 2 unspecified atom stereocenters. The summed E-state index contributed by atoms with van der Waals surface area (Å²) in [7, 11) is 1.51. The van der Waals surface area contributed by atoms with Crippen LogP contribution in [0.15, 0.2) is 16.9 Å². The summed E-state index contributed by atoms with van der Waals surface area (Å²) in [6.07, 6.45) is 2.74. The van der Waals surface area contributed by atoms with Gasteiger partial charge < -0.3 is 10.4 Å². The Morgan fingerprint density at radius 1 is 1.63 bits per heavy atom. The van der Waals surface area contributed by atoms with E-state index < -0.39 is 0 Å². The first kappa shape index (κ1) is 13.7. The van der Waals surface area contributed by atoms with E-state index in [0.717, 1.165) is 23.9 Å². The Morgan fingerprint density at radius 3 is 3.00 bits per heavy atom. The van der Waals surface area contributed by atoms with E-state index in [-0.39, 0.29) is 35.2 Å². The summed E-state index contributed by atoms with van der Waals surface area (Å²) >= 11 is 0. The summed E-state index contributed by atoms with van der Waals surface area (Å²) in [5.41, 5.74) is -0.303. The lowest BCUT2D eigenvalue weighted by Crippen LogP contribution is -2.45. The number of hydrogen-bond donors (Lipinski definition) is 2. The van der Waals surface area contributed by atoms with Crippen LogP contribution in [0.25, 0.3) is 0 Å². The van der Waals surface area contributed by atoms with Crippen molar-refractivity contribution in [2.45, 2.75) is 32.2 Å². The van der Waals surface area contributed by atoms with E-state index >= 15 is 0 Å². The van der Waals surface area contributed by atoms with E-state index in [1.807, 2.05) is 6.92 Å². The number of rotatable bonds is 3. The van der Waals surface area contributed by atoms with Crippen LogP contribution in [0.5, 0.6) is 0 Å². The Labute approximate surface area is 111 Å². The highest BCUT2D eigenvalue weighted by molar-refractivity contribution is 5.92. The van der Waals surface area contributed by atoms with Crippen molar-refractivity contribution < 1.29 is 9.90 Å². The Balaban J connectivity index is 2.13. The van der Waals surface area contributed by atoms with Gasteiger partial charge >= 0.3 is 0 Å². The van der Waals surface area contributed by atoms with Crippen LogP contribution in [0.2, 0.25) is 0 Å². The zero-order valence-corrected chi connectivity index (χ0v) is 11.2. The van der Waals surface area contributed by atoms with Crippen LogP contribution in [-0.2, 0) is 7.05 Å². The first-order valence-electron chi connectivity index (χ1n) is 6.42. The van der Waals surface area contributed by atoms with Crippen molar-refractivity contribution in [2.24, 2.45) is 12.5 Å². The molecule has 2 atom stereocenters. The predicted octanol–water partition coefficient (Wildman–Crippen LogP) is 0.0612. The fraction of sp³-hybridized carbons (Fsp3) is 0.615. The number of nitrogens with one attached hydrogen (secondary N) is 1. The van der Waals surface area contributed by atoms with E-state index in [9.17, 15) is 14.7 Å². The number of aliphatic hydroxyl groups excluding tert-OH is 1. The van der Waals surface area contributed by atoms with E-state index in [0.29, 0.717) is 0 Å². The minimum Gasteiger partial charge on any atom is -0.396 e. The summed E-state index contributed by atoms with van der Waals surface area (Å²) in [6.45, 7) is 2.03. The fourth-order valence-corrected chi connectivity index (χ4v) is 2.52. The Bertz CT molecular complexity index is 540. The molecule has 6 nitrogen and oxygen atoms in total. The molecule has 1 fully saturated rings. The molecule has 1 aromatic rings. The Morgan fingerprint density at radius 2 is 2.37 bits per heavy atom. The van der Waals surface area contributed by atoms with Crippen molar-refractivity contribution in [3.05, 3.63) is 28.2 Å². The van der Waals surface area contributed by atoms with Crippen molar-refractivity contribution in [3.8, 4) is 0 Å². The molecule has 0 radical (unpaired) electrons. The molecule has 1 aromatic heterocycles. The van der Waals surface area contributed by atoms with Gasteiger partial charge in [0.25, 0.3) is 11.5 Å². The van der Waals surface area contributed by atoms with E-state index in [4.69, 9.17) is 0 Å². The van der Waals surface area contributed by atoms with Crippen molar-refractivity contribution in [1.29, 1.82) is 0 Å². The second-order valence-corrected chi connectivity index (χ2v) is 5.41. The lowest BCUT2D eigenvalue weighted by Gasteiger charge is -2.29. The summed E-state index contributed by atoms with van der Waals surface area (Å²) in [4.78, 5) is 23.3. The third-order valence-electron chi connectivity index (χ3n) is 3.94. The highest BCUT2D eigenvalue weighted by atomic mass is 16.3. The second kappa shape index (κ2) is 5.13. The molecule has 2 rings (SSSR count). The average molecular weight is 265 g/mol. The molecule has 104 valence electrons. The molecular weight excluding hydrogens is 246 g/mol. The molecule has 1 heterocycles. The van der Waals surface area contributed by atoms with E-state index in [1.165, 1.54) is 19.2 Å². The molecule has 0 bridgehead atoms. The van der Waals surface area contributed by atoms with Crippen LogP contribution < -0.4 is 10.9 Å². The molecule has 19 heavy (non-hydrogen) atoms. The molecule has 0 spiro atoms. The molecule has 1 aliphatic carbocycles. The van der Waals surface area contributed by atoms with Gasteiger partial charge in [-0.25, -0.2) is 4.68 Å². The van der Waals surface area contributed by atoms with Gasteiger partial charge in [0.15, 0.2) is 0 Å². The molecule has 0 aliphatic heterocycles. The van der Waals surface area contributed by atoms with Gasteiger partial charge in [0.05, 0.1) is 6.61 Å². The third kappa shape index (κ3) is 2.68. The SMILES string of the molecule is Cn1nc(C(=O)NC2CCCC2(C)CO)ccc1=O. The minimum atomic E-state index is -0.304. The fourth-order valence-electron chi connectivity index (χ4n) is 2.52. The molecule has 6 heteroatoms. The number of carbonyl (C=O) groups excluding carboxylic acids is 1. The van der Waals surface area contributed by atoms with Gasteiger partial charge in [0.2, 0.25) is 0 Å². The zero-order chi connectivity index (χ0) is 14.0. The predicted molar refractivity (Wildman–Crippen MR) is 69.8 cm³/mol. The molecular formula is C13H19N3O3. The zero-order valence-electron chi connectivity index (χ0n) is 11.2. The first-order chi connectivity index (χ1) is 8.96. The van der Waals surface area contributed by atoms with Crippen LogP contribution in [0, 0.1) is 5.41 Å². The van der Waals surface area contributed by atoms with E-state index in [1.54, 1.807) is 0 Å². The van der Waals surface area contributed by atoms with Crippen LogP contribution >= 0.6 is 0 Å². The lowest BCUT2D eigenvalue weighted by molar-refractivity contribution is 0.0824. The van der Waals surface area contributed by atoms with Gasteiger partial charge in [0.1, 0.15) is 5.69 Å². The number of carbonyl (C=O) groups is 1. The van der Waals surface area contributed by atoms with Gasteiger partial charge in [0, 0.05) is 24.6 Å². The largest absolute Gasteiger partial charge is 0.396 e. The first-order valence-corrected chi connectivity index (χ1v) is 6.42. The standard InChI is InChI=1S/C13H19N3O3/c1-13(8-17)7-3-4-10(13)14-12(19)9-5-6-11(18)16(2)15-9/h5-6,10,17H,3-4,7-8H2,1-2H3,(H,14,19). The monoisotopic (exact) mass is 265 g/mol. The highest BCUT2D eigenvalue weighted by Crippen LogP contribution is 2.37. The number of amides is 1. The van der Waals surface area contributed by atoms with Crippen LogP contribution in [0.3, 0.4) is 0 Å². The maximum absolute atomic E-state index is 12.1. The van der Waals surface area contributed by atoms with Gasteiger partial charge in [-0.05, 0) is 18.9 Å². The third-order valence-corrected chi connectivity index (χ3v) is 3.94. The van der Waals surface area contributed by atoms with Crippen LogP contribution in [0.1, 0.15) is 36.7 Å². The number of aryl methyl sites for hydroxylation is 1. The Kier molecular flexibility index (Phi) is 3.71. The molecule has 2 N–H and O–H groups in total. The summed E-state index contributed by atoms with van der Waals surface area (Å²) in [5.74, 6) is -0.304. The van der Waals surface area contributed by atoms with Gasteiger partial charge in [-0.2, -0.15) is 5.10 Å². The number of aliphatic hydroxyl groups is 1. The maximum Gasteiger partial charge on any atom is 0.271 e. The highest BCUT2D eigenvalue weighted by Gasteiger charge is 2.39. The minimum absolute atomic E-state index is 0.0518. The number of nitrogens with zero attached hydrogens (tertiary/aromatic N) is 2. The van der Waals surface area contributed by atoms with Gasteiger partial charge in [-0.1, -0.05) is 13.3 Å². The van der Waals surface area contributed by atoms with Crippen molar-refractivity contribution in [1.82, 2.24) is 15.1 Å². The molecule has 0 aromatic carbocycles. The summed E-state index contributed by atoms with van der Waals surface area (Å²) in [6, 6.07) is 2.69. The molecule has 1 saturated carbocycles. The lowest BCUT2D eigenvalue weighted by atomic mass is 9.86. The van der Waals surface area contributed by atoms with Crippen molar-refractivity contribution in [2.75, 3.05) is 6.61 Å². The molecule has 1 aliphatic rings. The normalized spacial score (nSPS) is 26.4. The Hall–Kier alpha value is -1.69. The van der Waals surface area contributed by atoms with Crippen LogP contribution in [-0.4, -0.2) is 33.4 Å². The second-order valence-electron chi connectivity index (χ2n) is 5.41. The number of hydrogen-bond acceptors (Lipinski definition) is 4. The van der Waals surface area contributed by atoms with Crippen molar-refractivity contribution in [3.63, 3.8) is 0 Å². The average Bonchev–Trinajstić information content (AvgIpc) is 2.75. The topological polar surface area (TPSA) is 84.2 Å². The number of aromatic nitrogens is 2. The summed E-state index contributed by atoms with van der Waals surface area (Å²) < 4.78 is 1.13. The van der Waals surface area contributed by atoms with Gasteiger partial charge in [-0.3, -0.25) is 9.59 Å². The van der Waals surface area contributed by atoms with Crippen LogP contribution in [0.4, 0.5) is 0 Å². The quantitative estimate of drug-likeness (QED) is 0.809. The smallest absolute Gasteiger partial charge is 0.271 e. The molecule has 1 amide bonds. The van der Waals surface area contributed by atoms with E-state index in [2.05, 4.69) is 10.4 Å². The maximum atomic E-state index is 12.1. The van der Waals surface area contributed by atoms with Gasteiger partial charge in [-0.15, -0.1) is 0 Å². The molecule has 0 saturated heterocycles. The van der Waals surface area contributed by atoms with Crippen molar-refractivity contribution >= 4 is 5.91 Å².